The Kier molecular flexibility index (Phi) is 4.82. The highest BCUT2D eigenvalue weighted by Crippen LogP contribution is 2.25. The first-order valence-electron chi connectivity index (χ1n) is 8.13. The molecule has 2 fully saturated rings. The minimum Gasteiger partial charge on any atom is -0.477 e. The molecule has 130 valence electrons. The van der Waals surface area contributed by atoms with Crippen LogP contribution in [0.15, 0.2) is 12.4 Å². The van der Waals surface area contributed by atoms with Crippen LogP contribution >= 0.6 is 0 Å². The van der Waals surface area contributed by atoms with E-state index in [9.17, 15) is 9.59 Å². The van der Waals surface area contributed by atoms with Gasteiger partial charge in [0.05, 0.1) is 19.6 Å². The van der Waals surface area contributed by atoms with Crippen LogP contribution in [0.1, 0.15) is 19.3 Å². The van der Waals surface area contributed by atoms with E-state index in [0.717, 1.165) is 12.8 Å². The second kappa shape index (κ2) is 7.02. The van der Waals surface area contributed by atoms with Gasteiger partial charge in [0, 0.05) is 39.0 Å². The Labute approximate surface area is 140 Å². The third kappa shape index (κ3) is 3.42. The molecule has 0 N–H and O–H groups in total. The smallest absolute Gasteiger partial charge is 0.278 e. The lowest BCUT2D eigenvalue weighted by atomic mass is 10.0. The number of aromatic nitrogens is 2. The van der Waals surface area contributed by atoms with Crippen molar-refractivity contribution in [3.05, 3.63) is 12.4 Å². The van der Waals surface area contributed by atoms with Gasteiger partial charge in [-0.1, -0.05) is 0 Å². The van der Waals surface area contributed by atoms with Crippen LogP contribution in [0.2, 0.25) is 0 Å². The first-order valence-corrected chi connectivity index (χ1v) is 8.13. The van der Waals surface area contributed by atoms with E-state index in [2.05, 4.69) is 9.97 Å². The number of nitrogens with zero attached hydrogens (tertiary/aromatic N) is 4. The Bertz CT molecular complexity index is 624. The van der Waals surface area contributed by atoms with Crippen molar-refractivity contribution < 1.29 is 19.1 Å². The van der Waals surface area contributed by atoms with Gasteiger partial charge in [-0.15, -0.1) is 0 Å². The maximum atomic E-state index is 12.7. The summed E-state index contributed by atoms with van der Waals surface area (Å²) in [4.78, 5) is 35.9. The van der Waals surface area contributed by atoms with E-state index < -0.39 is 0 Å². The molecule has 0 bridgehead atoms. The molecule has 2 aliphatic heterocycles. The van der Waals surface area contributed by atoms with Crippen LogP contribution in [0.3, 0.4) is 0 Å². The van der Waals surface area contributed by atoms with Crippen molar-refractivity contribution in [3.8, 4) is 11.8 Å². The third-order valence-corrected chi connectivity index (χ3v) is 4.48. The highest BCUT2D eigenvalue weighted by Gasteiger charge is 2.36. The fourth-order valence-electron chi connectivity index (χ4n) is 3.21. The van der Waals surface area contributed by atoms with E-state index in [1.165, 1.54) is 13.3 Å². The Hall–Kier alpha value is -2.38. The van der Waals surface area contributed by atoms with E-state index in [0.29, 0.717) is 37.8 Å². The number of piperidine rings is 1. The molecular formula is C16H22N4O4. The van der Waals surface area contributed by atoms with E-state index >= 15 is 0 Å². The fraction of sp³-hybridized carbons (Fsp3) is 0.625. The first kappa shape index (κ1) is 16.5. The minimum absolute atomic E-state index is 0.0301. The van der Waals surface area contributed by atoms with Crippen molar-refractivity contribution in [1.29, 1.82) is 0 Å². The van der Waals surface area contributed by atoms with Gasteiger partial charge < -0.3 is 19.3 Å². The van der Waals surface area contributed by atoms with Crippen molar-refractivity contribution in [3.63, 3.8) is 0 Å². The zero-order chi connectivity index (χ0) is 17.1. The molecule has 2 saturated heterocycles. The average Bonchev–Trinajstić information content (AvgIpc) is 2.94. The number of ether oxygens (including phenoxy) is 2. The number of rotatable bonds is 4. The molecule has 0 aliphatic carbocycles. The summed E-state index contributed by atoms with van der Waals surface area (Å²) in [6, 6.07) is 0. The molecule has 8 heteroatoms. The second-order valence-corrected chi connectivity index (χ2v) is 6.21. The standard InChI is InChI=1S/C16H22N4O4/c1-19-9-11(8-13(19)21)16(22)20-7-3-4-12(10-20)24-15-14(23-2)17-5-6-18-15/h5-6,11-12H,3-4,7-10H2,1-2H3/t11-,12+/m1/s1. The molecule has 3 rings (SSSR count). The first-order chi connectivity index (χ1) is 11.6. The van der Waals surface area contributed by atoms with Crippen molar-refractivity contribution in [1.82, 2.24) is 19.8 Å². The molecule has 0 saturated carbocycles. The summed E-state index contributed by atoms with van der Waals surface area (Å²) in [7, 11) is 3.25. The van der Waals surface area contributed by atoms with Crippen LogP contribution in [-0.2, 0) is 9.59 Å². The minimum atomic E-state index is -0.243. The highest BCUT2D eigenvalue weighted by atomic mass is 16.5. The predicted molar refractivity (Wildman–Crippen MR) is 84.6 cm³/mol. The zero-order valence-electron chi connectivity index (χ0n) is 14.0. The molecule has 3 heterocycles. The number of carbonyl (C=O) groups excluding carboxylic acids is 2. The molecule has 1 aromatic heterocycles. The molecule has 0 aromatic carbocycles. The van der Waals surface area contributed by atoms with Gasteiger partial charge in [-0.2, -0.15) is 0 Å². The van der Waals surface area contributed by atoms with Crippen LogP contribution in [0.25, 0.3) is 0 Å². The molecule has 2 amide bonds. The Morgan fingerprint density at radius 2 is 2.00 bits per heavy atom. The summed E-state index contributed by atoms with van der Waals surface area (Å²) >= 11 is 0. The van der Waals surface area contributed by atoms with E-state index in [1.807, 2.05) is 0 Å². The van der Waals surface area contributed by atoms with E-state index in [4.69, 9.17) is 9.47 Å². The Morgan fingerprint density at radius 3 is 2.67 bits per heavy atom. The SMILES string of the molecule is COc1nccnc1O[C@H]1CCCN(C(=O)[C@@H]2CC(=O)N(C)C2)C1. The Balaban J connectivity index is 1.62. The molecule has 0 radical (unpaired) electrons. The third-order valence-electron chi connectivity index (χ3n) is 4.48. The van der Waals surface area contributed by atoms with Gasteiger partial charge in [0.1, 0.15) is 6.10 Å². The molecule has 2 atom stereocenters. The maximum absolute atomic E-state index is 12.7. The molecule has 2 aliphatic rings. The molecule has 0 unspecified atom stereocenters. The van der Waals surface area contributed by atoms with E-state index in [-0.39, 0.29) is 23.8 Å². The normalized spacial score (nSPS) is 24.2. The van der Waals surface area contributed by atoms with Gasteiger partial charge in [-0.25, -0.2) is 9.97 Å². The lowest BCUT2D eigenvalue weighted by Gasteiger charge is -2.34. The summed E-state index contributed by atoms with van der Waals surface area (Å²) in [6.07, 6.45) is 4.93. The van der Waals surface area contributed by atoms with Crippen LogP contribution in [0, 0.1) is 5.92 Å². The summed E-state index contributed by atoms with van der Waals surface area (Å²) in [5.74, 6) is 0.501. The number of hydrogen-bond donors (Lipinski definition) is 0. The average molecular weight is 334 g/mol. The second-order valence-electron chi connectivity index (χ2n) is 6.21. The van der Waals surface area contributed by atoms with Crippen LogP contribution < -0.4 is 9.47 Å². The van der Waals surface area contributed by atoms with Gasteiger partial charge >= 0.3 is 0 Å². The summed E-state index contributed by atoms with van der Waals surface area (Å²) in [5, 5.41) is 0. The molecule has 0 spiro atoms. The number of amides is 2. The summed E-state index contributed by atoms with van der Waals surface area (Å²) in [5.41, 5.74) is 0. The maximum Gasteiger partial charge on any atom is 0.278 e. The molecule has 8 nitrogen and oxygen atoms in total. The van der Waals surface area contributed by atoms with Gasteiger partial charge in [-0.3, -0.25) is 9.59 Å². The number of carbonyl (C=O) groups is 2. The molecule has 1 aromatic rings. The van der Waals surface area contributed by atoms with Crippen molar-refractivity contribution in [2.75, 3.05) is 33.8 Å². The monoisotopic (exact) mass is 334 g/mol. The van der Waals surface area contributed by atoms with Gasteiger partial charge in [0.2, 0.25) is 11.8 Å². The lowest BCUT2D eigenvalue weighted by molar-refractivity contribution is -0.138. The highest BCUT2D eigenvalue weighted by molar-refractivity contribution is 5.89. The molecule has 24 heavy (non-hydrogen) atoms. The van der Waals surface area contributed by atoms with Crippen LogP contribution in [0.5, 0.6) is 11.8 Å². The van der Waals surface area contributed by atoms with Gasteiger partial charge in [0.25, 0.3) is 11.8 Å². The number of methoxy groups -OCH3 is 1. The van der Waals surface area contributed by atoms with Crippen LogP contribution in [-0.4, -0.2) is 71.5 Å². The fourth-order valence-corrected chi connectivity index (χ4v) is 3.21. The quantitative estimate of drug-likeness (QED) is 0.789. The van der Waals surface area contributed by atoms with Crippen LogP contribution in [0.4, 0.5) is 0 Å². The van der Waals surface area contributed by atoms with Gasteiger partial charge in [0.15, 0.2) is 0 Å². The van der Waals surface area contributed by atoms with Crippen molar-refractivity contribution in [2.24, 2.45) is 5.92 Å². The molecular weight excluding hydrogens is 312 g/mol. The number of likely N-dealkylation sites (tertiary alicyclic amines) is 2. The topological polar surface area (TPSA) is 84.9 Å². The summed E-state index contributed by atoms with van der Waals surface area (Å²) < 4.78 is 11.0. The Morgan fingerprint density at radius 1 is 1.25 bits per heavy atom. The van der Waals surface area contributed by atoms with Crippen molar-refractivity contribution in [2.45, 2.75) is 25.4 Å². The predicted octanol–water partition coefficient (Wildman–Crippen LogP) is 0.333. The summed E-state index contributed by atoms with van der Waals surface area (Å²) in [6.45, 7) is 1.69. The van der Waals surface area contributed by atoms with E-state index in [1.54, 1.807) is 23.0 Å². The largest absolute Gasteiger partial charge is 0.477 e. The number of hydrogen-bond acceptors (Lipinski definition) is 6. The van der Waals surface area contributed by atoms with Gasteiger partial charge in [-0.05, 0) is 12.8 Å². The lowest BCUT2D eigenvalue weighted by Crippen LogP contribution is -2.47. The zero-order valence-corrected chi connectivity index (χ0v) is 14.0. The van der Waals surface area contributed by atoms with Crippen molar-refractivity contribution >= 4 is 11.8 Å².